The summed E-state index contributed by atoms with van der Waals surface area (Å²) in [5.74, 6) is 1.45. The molecule has 0 aromatic carbocycles. The maximum Gasteiger partial charge on any atom is 0.151 e. The van der Waals surface area contributed by atoms with Crippen LogP contribution in [-0.4, -0.2) is 25.5 Å². The summed E-state index contributed by atoms with van der Waals surface area (Å²) in [6, 6.07) is 0. The second kappa shape index (κ2) is 4.19. The zero-order valence-electron chi connectivity index (χ0n) is 7.10. The predicted octanol–water partition coefficient (Wildman–Crippen LogP) is 1.55. The third kappa shape index (κ3) is 2.28. The molecule has 0 amide bonds. The van der Waals surface area contributed by atoms with Crippen LogP contribution < -0.4 is 0 Å². The van der Waals surface area contributed by atoms with Crippen molar-refractivity contribution in [3.63, 3.8) is 0 Å². The summed E-state index contributed by atoms with van der Waals surface area (Å²) >= 11 is 2.94. The van der Waals surface area contributed by atoms with E-state index in [0.29, 0.717) is 12.2 Å². The molecule has 1 aliphatic rings. The SMILES string of the molecule is O=C(Cc1cnsn1)C1CCCS1. The first-order valence-corrected chi connectivity index (χ1v) is 6.05. The fraction of sp³-hybridized carbons (Fsp3) is 0.625. The van der Waals surface area contributed by atoms with E-state index in [0.717, 1.165) is 17.9 Å². The quantitative estimate of drug-likeness (QED) is 0.765. The number of aromatic nitrogens is 2. The van der Waals surface area contributed by atoms with Gasteiger partial charge in [-0.2, -0.15) is 20.5 Å². The van der Waals surface area contributed by atoms with Crippen LogP contribution in [0.25, 0.3) is 0 Å². The number of ketones is 1. The van der Waals surface area contributed by atoms with Crippen LogP contribution in [0.15, 0.2) is 6.20 Å². The molecule has 70 valence electrons. The summed E-state index contributed by atoms with van der Waals surface area (Å²) in [5.41, 5.74) is 0.822. The molecule has 2 heterocycles. The van der Waals surface area contributed by atoms with Gasteiger partial charge >= 0.3 is 0 Å². The van der Waals surface area contributed by atoms with Gasteiger partial charge in [0.05, 0.1) is 35.3 Å². The first kappa shape index (κ1) is 9.15. The minimum atomic E-state index is 0.224. The summed E-state index contributed by atoms with van der Waals surface area (Å²) in [5, 5.41) is 0.224. The van der Waals surface area contributed by atoms with E-state index in [1.807, 2.05) is 0 Å². The number of carbonyl (C=O) groups is 1. The number of carbonyl (C=O) groups excluding carboxylic acids is 1. The summed E-state index contributed by atoms with van der Waals surface area (Å²) in [6.45, 7) is 0. The van der Waals surface area contributed by atoms with Crippen LogP contribution in [0.2, 0.25) is 0 Å². The van der Waals surface area contributed by atoms with Crippen molar-refractivity contribution in [2.45, 2.75) is 24.5 Å². The van der Waals surface area contributed by atoms with E-state index in [-0.39, 0.29) is 5.25 Å². The Labute approximate surface area is 85.3 Å². The number of hydrogen-bond donors (Lipinski definition) is 0. The van der Waals surface area contributed by atoms with Gasteiger partial charge in [0.2, 0.25) is 0 Å². The summed E-state index contributed by atoms with van der Waals surface area (Å²) < 4.78 is 7.90. The van der Waals surface area contributed by atoms with Crippen LogP contribution >= 0.6 is 23.5 Å². The molecule has 1 saturated heterocycles. The number of rotatable bonds is 3. The molecule has 0 bridgehead atoms. The van der Waals surface area contributed by atoms with E-state index >= 15 is 0 Å². The molecule has 0 saturated carbocycles. The van der Waals surface area contributed by atoms with Crippen molar-refractivity contribution in [3.05, 3.63) is 11.9 Å². The van der Waals surface area contributed by atoms with E-state index in [1.54, 1.807) is 18.0 Å². The predicted molar refractivity (Wildman–Crippen MR) is 54.1 cm³/mol. The van der Waals surface area contributed by atoms with Crippen LogP contribution in [0.5, 0.6) is 0 Å². The van der Waals surface area contributed by atoms with Crippen LogP contribution in [-0.2, 0) is 11.2 Å². The van der Waals surface area contributed by atoms with Crippen LogP contribution in [0.3, 0.4) is 0 Å². The molecule has 1 aromatic heterocycles. The zero-order chi connectivity index (χ0) is 9.10. The van der Waals surface area contributed by atoms with Gasteiger partial charge in [0.15, 0.2) is 5.78 Å². The lowest BCUT2D eigenvalue weighted by molar-refractivity contribution is -0.118. The molecule has 1 aliphatic heterocycles. The average Bonchev–Trinajstić information content (AvgIpc) is 2.74. The maximum atomic E-state index is 11.6. The van der Waals surface area contributed by atoms with Gasteiger partial charge in [0.25, 0.3) is 0 Å². The van der Waals surface area contributed by atoms with Gasteiger partial charge in [-0.05, 0) is 18.6 Å². The van der Waals surface area contributed by atoms with Gasteiger partial charge < -0.3 is 0 Å². The number of Topliss-reactive ketones (excluding diaryl/α,β-unsaturated/α-hetero) is 1. The molecule has 0 aliphatic carbocycles. The molecule has 1 fully saturated rings. The zero-order valence-corrected chi connectivity index (χ0v) is 8.74. The van der Waals surface area contributed by atoms with Gasteiger partial charge in [-0.1, -0.05) is 0 Å². The van der Waals surface area contributed by atoms with E-state index in [4.69, 9.17) is 0 Å². The van der Waals surface area contributed by atoms with Gasteiger partial charge in [-0.3, -0.25) is 4.79 Å². The lowest BCUT2D eigenvalue weighted by Gasteiger charge is -2.04. The molecule has 3 nitrogen and oxygen atoms in total. The van der Waals surface area contributed by atoms with Crippen LogP contribution in [0.4, 0.5) is 0 Å². The second-order valence-electron chi connectivity index (χ2n) is 3.04. The molecule has 1 unspecified atom stereocenters. The molecular weight excluding hydrogens is 204 g/mol. The second-order valence-corrected chi connectivity index (χ2v) is 4.91. The monoisotopic (exact) mass is 214 g/mol. The third-order valence-corrected chi connectivity index (χ3v) is 3.99. The topological polar surface area (TPSA) is 42.9 Å². The molecule has 0 radical (unpaired) electrons. The van der Waals surface area contributed by atoms with Gasteiger partial charge in [-0.25, -0.2) is 0 Å². The Morgan fingerprint density at radius 1 is 1.69 bits per heavy atom. The van der Waals surface area contributed by atoms with Crippen molar-refractivity contribution in [1.82, 2.24) is 8.75 Å². The minimum absolute atomic E-state index is 0.224. The number of hydrogen-bond acceptors (Lipinski definition) is 5. The Bertz CT molecular complexity index is 280. The Morgan fingerprint density at radius 3 is 3.23 bits per heavy atom. The normalized spacial score (nSPS) is 22.0. The first-order chi connectivity index (χ1) is 6.36. The first-order valence-electron chi connectivity index (χ1n) is 4.27. The average molecular weight is 214 g/mol. The van der Waals surface area contributed by atoms with E-state index < -0.39 is 0 Å². The fourth-order valence-electron chi connectivity index (χ4n) is 1.39. The molecular formula is C8H10N2OS2. The standard InChI is InChI=1S/C8H10N2OS2/c11-7(8-2-1-3-12-8)4-6-5-9-13-10-6/h5,8H,1-4H2. The maximum absolute atomic E-state index is 11.6. The third-order valence-electron chi connectivity index (χ3n) is 2.05. The molecule has 0 N–H and O–H groups in total. The molecule has 13 heavy (non-hydrogen) atoms. The summed E-state index contributed by atoms with van der Waals surface area (Å²) in [7, 11) is 0. The highest BCUT2D eigenvalue weighted by atomic mass is 32.2. The van der Waals surface area contributed by atoms with Crippen molar-refractivity contribution in [3.8, 4) is 0 Å². The molecule has 0 spiro atoms. The Morgan fingerprint density at radius 2 is 2.62 bits per heavy atom. The largest absolute Gasteiger partial charge is 0.298 e. The highest BCUT2D eigenvalue weighted by molar-refractivity contribution is 8.00. The van der Waals surface area contributed by atoms with Crippen molar-refractivity contribution in [2.75, 3.05) is 5.75 Å². The van der Waals surface area contributed by atoms with E-state index in [1.165, 1.54) is 18.1 Å². The minimum Gasteiger partial charge on any atom is -0.298 e. The Kier molecular flexibility index (Phi) is 2.95. The Balaban J connectivity index is 1.91. The van der Waals surface area contributed by atoms with Crippen molar-refractivity contribution >= 4 is 29.3 Å². The summed E-state index contributed by atoms with van der Waals surface area (Å²) in [6.07, 6.45) is 4.37. The molecule has 1 atom stereocenters. The Hall–Kier alpha value is -0.420. The van der Waals surface area contributed by atoms with Crippen molar-refractivity contribution < 1.29 is 4.79 Å². The molecule has 1 aromatic rings. The van der Waals surface area contributed by atoms with Crippen LogP contribution in [0.1, 0.15) is 18.5 Å². The van der Waals surface area contributed by atoms with Crippen molar-refractivity contribution in [1.29, 1.82) is 0 Å². The van der Waals surface area contributed by atoms with Crippen molar-refractivity contribution in [2.24, 2.45) is 0 Å². The van der Waals surface area contributed by atoms with E-state index in [2.05, 4.69) is 8.75 Å². The van der Waals surface area contributed by atoms with Gasteiger partial charge in [0.1, 0.15) is 0 Å². The van der Waals surface area contributed by atoms with Gasteiger partial charge in [-0.15, -0.1) is 0 Å². The number of thioether (sulfide) groups is 1. The highest BCUT2D eigenvalue weighted by Gasteiger charge is 2.23. The smallest absolute Gasteiger partial charge is 0.151 e. The number of nitrogens with zero attached hydrogens (tertiary/aromatic N) is 2. The fourth-order valence-corrected chi connectivity index (χ4v) is 3.04. The van der Waals surface area contributed by atoms with Gasteiger partial charge in [0, 0.05) is 0 Å². The highest BCUT2D eigenvalue weighted by Crippen LogP contribution is 2.27. The lowest BCUT2D eigenvalue weighted by Crippen LogP contribution is -2.16. The lowest BCUT2D eigenvalue weighted by atomic mass is 10.1. The molecule has 2 rings (SSSR count). The van der Waals surface area contributed by atoms with E-state index in [9.17, 15) is 4.79 Å². The molecule has 5 heteroatoms. The summed E-state index contributed by atoms with van der Waals surface area (Å²) in [4.78, 5) is 11.6. The van der Waals surface area contributed by atoms with Crippen LogP contribution in [0, 0.1) is 0 Å².